The predicted molar refractivity (Wildman–Crippen MR) is 92.7 cm³/mol. The zero-order chi connectivity index (χ0) is 15.5. The number of amides is 1. The first-order valence-electron chi connectivity index (χ1n) is 7.27. The highest BCUT2D eigenvalue weighted by Gasteiger charge is 2.31. The van der Waals surface area contributed by atoms with Gasteiger partial charge in [0.2, 0.25) is 5.91 Å². The molecule has 0 aliphatic carbocycles. The number of hydrogen-bond acceptors (Lipinski definition) is 4. The largest absolute Gasteiger partial charge is 0.497 e. The molecule has 1 aliphatic heterocycles. The van der Waals surface area contributed by atoms with Crippen LogP contribution in [0.3, 0.4) is 0 Å². The minimum atomic E-state index is 0.185. The molecule has 3 rings (SSSR count). The lowest BCUT2D eigenvalue weighted by Crippen LogP contribution is -2.31. The van der Waals surface area contributed by atoms with E-state index >= 15 is 0 Å². The highest BCUT2D eigenvalue weighted by molar-refractivity contribution is 7.99. The van der Waals surface area contributed by atoms with E-state index in [1.807, 2.05) is 40.9 Å². The van der Waals surface area contributed by atoms with Crippen molar-refractivity contribution in [3.8, 4) is 5.75 Å². The second-order valence-corrected chi connectivity index (χ2v) is 7.79. The summed E-state index contributed by atoms with van der Waals surface area (Å²) in [5.41, 5.74) is 1.03. The maximum absolute atomic E-state index is 12.6. The zero-order valence-corrected chi connectivity index (χ0v) is 14.4. The van der Waals surface area contributed by atoms with Gasteiger partial charge in [0.05, 0.1) is 13.5 Å². The quantitative estimate of drug-likeness (QED) is 0.850. The van der Waals surface area contributed by atoms with Crippen molar-refractivity contribution in [1.29, 1.82) is 0 Å². The van der Waals surface area contributed by atoms with Crippen LogP contribution in [-0.4, -0.2) is 30.2 Å². The lowest BCUT2D eigenvalue weighted by molar-refractivity contribution is -0.130. The summed E-state index contributed by atoms with van der Waals surface area (Å²) in [5.74, 6) is 2.03. The van der Waals surface area contributed by atoms with Crippen molar-refractivity contribution in [3.63, 3.8) is 0 Å². The first-order chi connectivity index (χ1) is 10.7. The molecular weight excluding hydrogens is 314 g/mol. The summed E-state index contributed by atoms with van der Waals surface area (Å²) < 4.78 is 5.15. The van der Waals surface area contributed by atoms with Crippen LogP contribution in [0.1, 0.15) is 20.7 Å². The SMILES string of the molecule is COc1ccc(CC(=O)N2CCSC2c2ccc(C)s2)cc1. The predicted octanol–water partition coefficient (Wildman–Crippen LogP) is 3.88. The smallest absolute Gasteiger partial charge is 0.228 e. The Morgan fingerprint density at radius 1 is 1.27 bits per heavy atom. The second kappa shape index (κ2) is 6.75. The molecule has 0 spiro atoms. The van der Waals surface area contributed by atoms with E-state index in [1.165, 1.54) is 9.75 Å². The van der Waals surface area contributed by atoms with E-state index in [0.717, 1.165) is 23.6 Å². The highest BCUT2D eigenvalue weighted by atomic mass is 32.2. The van der Waals surface area contributed by atoms with Gasteiger partial charge in [0.1, 0.15) is 11.1 Å². The fourth-order valence-electron chi connectivity index (χ4n) is 2.57. The molecule has 3 nitrogen and oxygen atoms in total. The van der Waals surface area contributed by atoms with Crippen LogP contribution >= 0.6 is 23.1 Å². The standard InChI is InChI=1S/C17H19NO2S2/c1-12-3-8-15(22-12)17-18(9-10-21-17)16(19)11-13-4-6-14(20-2)7-5-13/h3-8,17H,9-11H2,1-2H3. The van der Waals surface area contributed by atoms with Gasteiger partial charge >= 0.3 is 0 Å². The van der Waals surface area contributed by atoms with Gasteiger partial charge < -0.3 is 9.64 Å². The average molecular weight is 333 g/mol. The van der Waals surface area contributed by atoms with Crippen LogP contribution in [0.4, 0.5) is 0 Å². The Bertz CT molecular complexity index is 651. The Morgan fingerprint density at radius 3 is 2.68 bits per heavy atom. The molecular formula is C17H19NO2S2. The Kier molecular flexibility index (Phi) is 4.74. The van der Waals surface area contributed by atoms with E-state index < -0.39 is 0 Å². The fourth-order valence-corrected chi connectivity index (χ4v) is 4.96. The summed E-state index contributed by atoms with van der Waals surface area (Å²) in [7, 11) is 1.65. The number of aryl methyl sites for hydroxylation is 1. The molecule has 1 fully saturated rings. The molecule has 116 valence electrons. The molecule has 1 unspecified atom stereocenters. The molecule has 1 atom stereocenters. The van der Waals surface area contributed by atoms with Crippen LogP contribution in [0.2, 0.25) is 0 Å². The third kappa shape index (κ3) is 3.31. The topological polar surface area (TPSA) is 29.5 Å². The minimum Gasteiger partial charge on any atom is -0.497 e. The molecule has 1 aromatic carbocycles. The Balaban J connectivity index is 1.70. The van der Waals surface area contributed by atoms with Crippen LogP contribution in [0, 0.1) is 6.92 Å². The summed E-state index contributed by atoms with van der Waals surface area (Å²) in [5, 5.41) is 0.185. The summed E-state index contributed by atoms with van der Waals surface area (Å²) in [6.07, 6.45) is 0.450. The molecule has 2 aromatic rings. The van der Waals surface area contributed by atoms with E-state index in [0.29, 0.717) is 6.42 Å². The van der Waals surface area contributed by atoms with Crippen molar-refractivity contribution in [3.05, 3.63) is 51.7 Å². The molecule has 0 N–H and O–H groups in total. The Labute approximate surface area is 139 Å². The van der Waals surface area contributed by atoms with Crippen molar-refractivity contribution in [2.24, 2.45) is 0 Å². The number of ether oxygens (including phenoxy) is 1. The van der Waals surface area contributed by atoms with Gasteiger partial charge in [-0.25, -0.2) is 0 Å². The van der Waals surface area contributed by atoms with Crippen LogP contribution in [0.5, 0.6) is 5.75 Å². The van der Waals surface area contributed by atoms with Gasteiger partial charge in [0.15, 0.2) is 0 Å². The summed E-state index contributed by atoms with van der Waals surface area (Å²) in [4.78, 5) is 17.2. The van der Waals surface area contributed by atoms with E-state index in [9.17, 15) is 4.79 Å². The van der Waals surface area contributed by atoms with Gasteiger partial charge in [-0.2, -0.15) is 0 Å². The first kappa shape index (κ1) is 15.4. The molecule has 5 heteroatoms. The van der Waals surface area contributed by atoms with Gasteiger partial charge in [-0.05, 0) is 36.8 Å². The summed E-state index contributed by atoms with van der Waals surface area (Å²) in [6.45, 7) is 2.94. The normalized spacial score (nSPS) is 17.7. The van der Waals surface area contributed by atoms with Gasteiger partial charge in [0.25, 0.3) is 0 Å². The zero-order valence-electron chi connectivity index (χ0n) is 12.7. The number of rotatable bonds is 4. The van der Waals surface area contributed by atoms with Crippen molar-refractivity contribution >= 4 is 29.0 Å². The third-order valence-corrected chi connectivity index (χ3v) is 6.18. The van der Waals surface area contributed by atoms with Crippen LogP contribution in [0.25, 0.3) is 0 Å². The molecule has 2 heterocycles. The molecule has 1 amide bonds. The number of hydrogen-bond donors (Lipinski definition) is 0. The summed E-state index contributed by atoms with van der Waals surface area (Å²) >= 11 is 3.64. The van der Waals surface area contributed by atoms with E-state index in [4.69, 9.17) is 4.74 Å². The average Bonchev–Trinajstić information content (AvgIpc) is 3.16. The molecule has 0 bridgehead atoms. The van der Waals surface area contributed by atoms with Crippen LogP contribution in [-0.2, 0) is 11.2 Å². The van der Waals surface area contributed by atoms with Gasteiger partial charge in [0, 0.05) is 22.1 Å². The van der Waals surface area contributed by atoms with E-state index in [2.05, 4.69) is 19.1 Å². The van der Waals surface area contributed by atoms with Crippen molar-refractivity contribution in [1.82, 2.24) is 4.90 Å². The summed E-state index contributed by atoms with van der Waals surface area (Å²) in [6, 6.07) is 12.0. The third-order valence-electron chi connectivity index (χ3n) is 3.73. The Morgan fingerprint density at radius 2 is 2.05 bits per heavy atom. The minimum absolute atomic E-state index is 0.185. The van der Waals surface area contributed by atoms with Crippen molar-refractivity contribution in [2.75, 3.05) is 19.4 Å². The number of thiophene rings is 1. The van der Waals surface area contributed by atoms with Gasteiger partial charge in [-0.3, -0.25) is 4.79 Å². The molecule has 0 saturated carbocycles. The fraction of sp³-hybridized carbons (Fsp3) is 0.353. The van der Waals surface area contributed by atoms with Crippen LogP contribution < -0.4 is 4.74 Å². The van der Waals surface area contributed by atoms with Crippen molar-refractivity contribution in [2.45, 2.75) is 18.7 Å². The Hall–Kier alpha value is -1.46. The maximum Gasteiger partial charge on any atom is 0.228 e. The molecule has 22 heavy (non-hydrogen) atoms. The van der Waals surface area contributed by atoms with Crippen LogP contribution in [0.15, 0.2) is 36.4 Å². The van der Waals surface area contributed by atoms with E-state index in [1.54, 1.807) is 18.4 Å². The monoisotopic (exact) mass is 333 g/mol. The van der Waals surface area contributed by atoms with Crippen molar-refractivity contribution < 1.29 is 9.53 Å². The lowest BCUT2D eigenvalue weighted by atomic mass is 10.1. The number of methoxy groups -OCH3 is 1. The number of thioether (sulfide) groups is 1. The lowest BCUT2D eigenvalue weighted by Gasteiger charge is -2.23. The number of nitrogens with zero attached hydrogens (tertiary/aromatic N) is 1. The molecule has 1 aromatic heterocycles. The molecule has 1 saturated heterocycles. The number of carbonyl (C=O) groups excluding carboxylic acids is 1. The molecule has 1 aliphatic rings. The maximum atomic E-state index is 12.6. The highest BCUT2D eigenvalue weighted by Crippen LogP contribution is 2.41. The first-order valence-corrected chi connectivity index (χ1v) is 9.14. The van der Waals surface area contributed by atoms with Gasteiger partial charge in [-0.1, -0.05) is 12.1 Å². The number of carbonyl (C=O) groups is 1. The van der Waals surface area contributed by atoms with Gasteiger partial charge in [-0.15, -0.1) is 23.1 Å². The number of benzene rings is 1. The second-order valence-electron chi connectivity index (χ2n) is 5.28. The molecule has 0 radical (unpaired) electrons. The van der Waals surface area contributed by atoms with E-state index in [-0.39, 0.29) is 11.3 Å².